The summed E-state index contributed by atoms with van der Waals surface area (Å²) in [5.41, 5.74) is 5.33. The quantitative estimate of drug-likeness (QED) is 0.473. The molecule has 0 fully saturated rings. The van der Waals surface area contributed by atoms with Crippen LogP contribution >= 0.6 is 0 Å². The molecule has 17 heavy (non-hydrogen) atoms. The van der Waals surface area contributed by atoms with Crippen LogP contribution in [0.1, 0.15) is 5.56 Å². The highest BCUT2D eigenvalue weighted by atomic mass is 16.1. The molecular weight excluding hydrogens is 214 g/mol. The summed E-state index contributed by atoms with van der Waals surface area (Å²) in [4.78, 5) is 14.7. The number of carbonyl (C=O) groups is 1. The molecule has 4 heteroatoms. The van der Waals surface area contributed by atoms with Gasteiger partial charge >= 0.3 is 0 Å². The SMILES string of the molecule is CN=C(C=O)/C=C(/c1ccccc1)N(C)NC. The van der Waals surface area contributed by atoms with Gasteiger partial charge in [0, 0.05) is 21.1 Å². The van der Waals surface area contributed by atoms with Crippen LogP contribution in [-0.4, -0.2) is 38.1 Å². The van der Waals surface area contributed by atoms with Crippen LogP contribution in [0.3, 0.4) is 0 Å². The van der Waals surface area contributed by atoms with E-state index in [1.807, 2.05) is 49.4 Å². The van der Waals surface area contributed by atoms with Gasteiger partial charge in [0.2, 0.25) is 0 Å². The second kappa shape index (κ2) is 6.60. The van der Waals surface area contributed by atoms with Crippen molar-refractivity contribution >= 4 is 17.7 Å². The third kappa shape index (κ3) is 3.53. The fourth-order valence-electron chi connectivity index (χ4n) is 1.39. The summed E-state index contributed by atoms with van der Waals surface area (Å²) < 4.78 is 0. The maximum Gasteiger partial charge on any atom is 0.168 e. The molecule has 0 atom stereocenters. The molecule has 1 aromatic carbocycles. The predicted octanol–water partition coefficient (Wildman–Crippen LogP) is 1.36. The second-order valence-electron chi connectivity index (χ2n) is 3.44. The summed E-state index contributed by atoms with van der Waals surface area (Å²) in [6.45, 7) is 0. The normalized spacial score (nSPS) is 12.4. The van der Waals surface area contributed by atoms with Gasteiger partial charge in [0.1, 0.15) is 0 Å². The van der Waals surface area contributed by atoms with Crippen molar-refractivity contribution in [3.8, 4) is 0 Å². The Balaban J connectivity index is 3.18. The first-order chi connectivity index (χ1) is 8.22. The molecule has 0 unspecified atom stereocenters. The molecule has 0 aliphatic carbocycles. The van der Waals surface area contributed by atoms with Gasteiger partial charge in [-0.15, -0.1) is 0 Å². The van der Waals surface area contributed by atoms with Gasteiger partial charge in [0.05, 0.1) is 11.4 Å². The van der Waals surface area contributed by atoms with Crippen molar-refractivity contribution in [1.82, 2.24) is 10.4 Å². The molecule has 1 N–H and O–H groups in total. The first-order valence-electron chi connectivity index (χ1n) is 5.33. The van der Waals surface area contributed by atoms with Crippen LogP contribution in [-0.2, 0) is 4.79 Å². The van der Waals surface area contributed by atoms with Crippen molar-refractivity contribution in [2.75, 3.05) is 21.1 Å². The Kier molecular flexibility index (Phi) is 5.10. The highest BCUT2D eigenvalue weighted by molar-refractivity contribution is 6.35. The lowest BCUT2D eigenvalue weighted by Gasteiger charge is -2.21. The lowest BCUT2D eigenvalue weighted by molar-refractivity contribution is -0.102. The fraction of sp³-hybridized carbons (Fsp3) is 0.231. The summed E-state index contributed by atoms with van der Waals surface area (Å²) in [5, 5.41) is 1.84. The van der Waals surface area contributed by atoms with E-state index in [4.69, 9.17) is 0 Å². The number of hydrogen-bond acceptors (Lipinski definition) is 4. The number of benzene rings is 1. The Bertz CT molecular complexity index is 424. The van der Waals surface area contributed by atoms with Gasteiger partial charge in [-0.3, -0.25) is 9.79 Å². The number of carbonyl (C=O) groups excluding carboxylic acids is 1. The van der Waals surface area contributed by atoms with Gasteiger partial charge in [-0.2, -0.15) is 0 Å². The molecule has 0 aliphatic heterocycles. The zero-order valence-electron chi connectivity index (χ0n) is 10.3. The van der Waals surface area contributed by atoms with E-state index in [9.17, 15) is 4.79 Å². The van der Waals surface area contributed by atoms with Crippen LogP contribution in [0.4, 0.5) is 0 Å². The first-order valence-corrected chi connectivity index (χ1v) is 5.33. The third-order valence-electron chi connectivity index (χ3n) is 2.43. The molecule has 0 aliphatic rings. The minimum absolute atomic E-state index is 0.408. The van der Waals surface area contributed by atoms with Crippen LogP contribution in [0.15, 0.2) is 41.4 Å². The van der Waals surface area contributed by atoms with E-state index in [1.165, 1.54) is 0 Å². The maximum absolute atomic E-state index is 10.8. The minimum atomic E-state index is 0.408. The highest BCUT2D eigenvalue weighted by Gasteiger charge is 2.06. The van der Waals surface area contributed by atoms with Gasteiger partial charge in [-0.25, -0.2) is 5.43 Å². The Morgan fingerprint density at radius 1 is 1.35 bits per heavy atom. The number of nitrogens with zero attached hydrogens (tertiary/aromatic N) is 2. The molecule has 0 heterocycles. The molecular formula is C13H17N3O. The van der Waals surface area contributed by atoms with Crippen molar-refractivity contribution in [3.63, 3.8) is 0 Å². The van der Waals surface area contributed by atoms with Gasteiger partial charge in [0.25, 0.3) is 0 Å². The predicted molar refractivity (Wildman–Crippen MR) is 70.7 cm³/mol. The molecule has 0 saturated heterocycles. The smallest absolute Gasteiger partial charge is 0.168 e. The number of aldehydes is 1. The van der Waals surface area contributed by atoms with Crippen molar-refractivity contribution in [1.29, 1.82) is 0 Å². The van der Waals surface area contributed by atoms with Crippen LogP contribution in [0.2, 0.25) is 0 Å². The lowest BCUT2D eigenvalue weighted by Crippen LogP contribution is -2.29. The molecule has 0 bridgehead atoms. The zero-order valence-corrected chi connectivity index (χ0v) is 10.3. The highest BCUT2D eigenvalue weighted by Crippen LogP contribution is 2.15. The molecule has 90 valence electrons. The van der Waals surface area contributed by atoms with Crippen LogP contribution in [0.5, 0.6) is 0 Å². The topological polar surface area (TPSA) is 44.7 Å². The Hall–Kier alpha value is -1.94. The summed E-state index contributed by atoms with van der Waals surface area (Å²) in [7, 11) is 5.31. The van der Waals surface area contributed by atoms with Crippen LogP contribution < -0.4 is 5.43 Å². The van der Waals surface area contributed by atoms with Crippen molar-refractivity contribution < 1.29 is 4.79 Å². The van der Waals surface area contributed by atoms with Crippen LogP contribution in [0, 0.1) is 0 Å². The summed E-state index contributed by atoms with van der Waals surface area (Å²) >= 11 is 0. The molecule has 0 spiro atoms. The number of aliphatic imine (C=N–C) groups is 1. The molecule has 0 radical (unpaired) electrons. The summed E-state index contributed by atoms with van der Waals surface area (Å²) in [5.74, 6) is 0. The van der Waals surface area contributed by atoms with E-state index in [0.717, 1.165) is 17.5 Å². The third-order valence-corrected chi connectivity index (χ3v) is 2.43. The van der Waals surface area contributed by atoms with E-state index in [0.29, 0.717) is 5.71 Å². The molecule has 1 rings (SSSR count). The largest absolute Gasteiger partial charge is 0.311 e. The van der Waals surface area contributed by atoms with E-state index in [1.54, 1.807) is 13.1 Å². The van der Waals surface area contributed by atoms with Gasteiger partial charge < -0.3 is 5.01 Å². The van der Waals surface area contributed by atoms with Crippen molar-refractivity contribution in [3.05, 3.63) is 42.0 Å². The van der Waals surface area contributed by atoms with E-state index >= 15 is 0 Å². The second-order valence-corrected chi connectivity index (χ2v) is 3.44. The summed E-state index contributed by atoms with van der Waals surface area (Å²) in [6, 6.07) is 9.83. The standard InChI is InChI=1S/C13H17N3O/c1-14-12(10-17)9-13(16(3)15-2)11-7-5-4-6-8-11/h4-10,15H,1-3H3/b13-9-,14-12?. The van der Waals surface area contributed by atoms with Gasteiger partial charge in [-0.1, -0.05) is 30.3 Å². The van der Waals surface area contributed by atoms with Gasteiger partial charge in [0.15, 0.2) is 6.29 Å². The molecule has 0 saturated carbocycles. The Morgan fingerprint density at radius 2 is 2.00 bits per heavy atom. The zero-order chi connectivity index (χ0) is 12.7. The number of rotatable bonds is 5. The Labute approximate surface area is 102 Å². The van der Waals surface area contributed by atoms with E-state index < -0.39 is 0 Å². The number of hydrazine groups is 1. The van der Waals surface area contributed by atoms with Crippen molar-refractivity contribution in [2.45, 2.75) is 0 Å². The van der Waals surface area contributed by atoms with Crippen molar-refractivity contribution in [2.24, 2.45) is 4.99 Å². The molecule has 0 amide bonds. The maximum atomic E-state index is 10.8. The average Bonchev–Trinajstić information content (AvgIpc) is 2.40. The molecule has 4 nitrogen and oxygen atoms in total. The average molecular weight is 231 g/mol. The number of allylic oxidation sites excluding steroid dienone is 1. The monoisotopic (exact) mass is 231 g/mol. The Morgan fingerprint density at radius 3 is 2.47 bits per heavy atom. The number of hydrogen-bond donors (Lipinski definition) is 1. The van der Waals surface area contributed by atoms with E-state index in [2.05, 4.69) is 10.4 Å². The fourth-order valence-corrected chi connectivity index (χ4v) is 1.39. The van der Waals surface area contributed by atoms with Gasteiger partial charge in [-0.05, 0) is 11.6 Å². The molecule has 0 aromatic heterocycles. The summed E-state index contributed by atoms with van der Waals surface area (Å²) in [6.07, 6.45) is 2.49. The first kappa shape index (κ1) is 13.1. The number of nitrogens with one attached hydrogen (secondary N) is 1. The lowest BCUT2D eigenvalue weighted by atomic mass is 10.1. The minimum Gasteiger partial charge on any atom is -0.311 e. The van der Waals surface area contributed by atoms with E-state index in [-0.39, 0.29) is 0 Å². The van der Waals surface area contributed by atoms with Crippen LogP contribution in [0.25, 0.3) is 5.70 Å². The molecule has 1 aromatic rings.